The monoisotopic (exact) mass is 293 g/mol. The molecule has 106 valence electrons. The average molecular weight is 294 g/mol. The van der Waals surface area contributed by atoms with Crippen molar-refractivity contribution in [1.29, 1.82) is 0 Å². The van der Waals surface area contributed by atoms with E-state index in [1.54, 1.807) is 18.2 Å². The summed E-state index contributed by atoms with van der Waals surface area (Å²) in [6.07, 6.45) is 8.05. The Morgan fingerprint density at radius 2 is 2.30 bits per heavy atom. The molecule has 0 spiro atoms. The molecule has 1 rings (SSSR count). The van der Waals surface area contributed by atoms with Crippen LogP contribution in [0.3, 0.4) is 0 Å². The number of methoxy groups -OCH3 is 1. The maximum absolute atomic E-state index is 11.4. The van der Waals surface area contributed by atoms with Crippen molar-refractivity contribution in [2.45, 2.75) is 6.92 Å². The van der Waals surface area contributed by atoms with Gasteiger partial charge in [-0.05, 0) is 30.7 Å². The highest BCUT2D eigenvalue weighted by Crippen LogP contribution is 2.36. The van der Waals surface area contributed by atoms with Crippen LogP contribution in [0, 0.1) is 12.3 Å². The van der Waals surface area contributed by atoms with Crippen LogP contribution in [0.1, 0.15) is 12.5 Å². The minimum Gasteiger partial charge on any atom is -0.493 e. The third kappa shape index (κ3) is 4.52. The van der Waals surface area contributed by atoms with Crippen molar-refractivity contribution in [1.82, 2.24) is 5.32 Å². The SMILES string of the molecule is C#CCNC(=O)C=Cc1cc(Cl)c(OCC)c(OC)c1. The number of nitrogens with one attached hydrogen (secondary N) is 1. The number of benzene rings is 1. The first kappa shape index (κ1) is 15.9. The largest absolute Gasteiger partial charge is 0.493 e. The van der Waals surface area contributed by atoms with E-state index in [0.29, 0.717) is 23.1 Å². The van der Waals surface area contributed by atoms with E-state index in [4.69, 9.17) is 27.5 Å². The Morgan fingerprint density at radius 1 is 1.55 bits per heavy atom. The number of ether oxygens (including phenoxy) is 2. The molecule has 0 atom stereocenters. The van der Waals surface area contributed by atoms with Crippen molar-refractivity contribution in [3.8, 4) is 23.8 Å². The summed E-state index contributed by atoms with van der Waals surface area (Å²) in [6.45, 7) is 2.54. The van der Waals surface area contributed by atoms with Crippen LogP contribution in [0.4, 0.5) is 0 Å². The summed E-state index contributed by atoms with van der Waals surface area (Å²) in [7, 11) is 1.53. The zero-order valence-corrected chi connectivity index (χ0v) is 12.2. The molecule has 1 aromatic carbocycles. The Kier molecular flexibility index (Phi) is 6.48. The fraction of sp³-hybridized carbons (Fsp3) is 0.267. The summed E-state index contributed by atoms with van der Waals surface area (Å²) in [6, 6.07) is 3.43. The summed E-state index contributed by atoms with van der Waals surface area (Å²) in [5.41, 5.74) is 0.728. The van der Waals surface area contributed by atoms with Gasteiger partial charge in [-0.3, -0.25) is 4.79 Å². The number of terminal acetylenes is 1. The molecule has 0 heterocycles. The van der Waals surface area contributed by atoms with Crippen LogP contribution in [0.15, 0.2) is 18.2 Å². The van der Waals surface area contributed by atoms with E-state index in [1.165, 1.54) is 13.2 Å². The van der Waals surface area contributed by atoms with Crippen LogP contribution in [0.25, 0.3) is 6.08 Å². The molecule has 1 N–H and O–H groups in total. The van der Waals surface area contributed by atoms with Gasteiger partial charge < -0.3 is 14.8 Å². The van der Waals surface area contributed by atoms with Gasteiger partial charge in [0.2, 0.25) is 5.91 Å². The van der Waals surface area contributed by atoms with Crippen molar-refractivity contribution >= 4 is 23.6 Å². The molecule has 20 heavy (non-hydrogen) atoms. The fourth-order valence-corrected chi connectivity index (χ4v) is 1.76. The normalized spacial score (nSPS) is 10.1. The molecule has 0 aliphatic rings. The Labute approximate surface area is 123 Å². The average Bonchev–Trinajstić information content (AvgIpc) is 2.45. The number of rotatable bonds is 6. The molecule has 0 bridgehead atoms. The Bertz CT molecular complexity index is 547. The summed E-state index contributed by atoms with van der Waals surface area (Å²) in [4.78, 5) is 11.4. The number of hydrogen-bond donors (Lipinski definition) is 1. The van der Waals surface area contributed by atoms with Crippen LogP contribution in [0.2, 0.25) is 5.02 Å². The highest BCUT2D eigenvalue weighted by molar-refractivity contribution is 6.32. The predicted octanol–water partition coefficient (Wildman–Crippen LogP) is 2.51. The van der Waals surface area contributed by atoms with Crippen molar-refractivity contribution in [2.75, 3.05) is 20.3 Å². The standard InChI is InChI=1S/C15H16ClNO3/c1-4-8-17-14(18)7-6-11-9-12(16)15(20-5-2)13(10-11)19-3/h1,6-7,9-10H,5,8H2,2-3H3,(H,17,18). The third-order valence-corrected chi connectivity index (χ3v) is 2.61. The predicted molar refractivity (Wildman–Crippen MR) is 80.0 cm³/mol. The smallest absolute Gasteiger partial charge is 0.244 e. The molecule has 1 amide bonds. The van der Waals surface area contributed by atoms with Crippen LogP contribution < -0.4 is 14.8 Å². The maximum Gasteiger partial charge on any atom is 0.244 e. The lowest BCUT2D eigenvalue weighted by atomic mass is 10.2. The van der Waals surface area contributed by atoms with Gasteiger partial charge in [-0.1, -0.05) is 17.5 Å². The molecule has 0 saturated heterocycles. The summed E-state index contributed by atoms with van der Waals surface area (Å²) < 4.78 is 10.6. The first-order valence-electron chi connectivity index (χ1n) is 6.02. The van der Waals surface area contributed by atoms with Gasteiger partial charge in [0, 0.05) is 6.08 Å². The first-order valence-corrected chi connectivity index (χ1v) is 6.39. The van der Waals surface area contributed by atoms with Crippen molar-refractivity contribution < 1.29 is 14.3 Å². The van der Waals surface area contributed by atoms with Crippen LogP contribution in [0.5, 0.6) is 11.5 Å². The molecule has 0 radical (unpaired) electrons. The number of amides is 1. The highest BCUT2D eigenvalue weighted by Gasteiger charge is 2.10. The minimum absolute atomic E-state index is 0.191. The van der Waals surface area contributed by atoms with Gasteiger partial charge in [-0.25, -0.2) is 0 Å². The zero-order valence-electron chi connectivity index (χ0n) is 11.4. The number of hydrogen-bond acceptors (Lipinski definition) is 3. The second-order valence-electron chi connectivity index (χ2n) is 3.72. The van der Waals surface area contributed by atoms with Gasteiger partial charge >= 0.3 is 0 Å². The molecular weight excluding hydrogens is 278 g/mol. The van der Waals surface area contributed by atoms with E-state index in [9.17, 15) is 4.79 Å². The topological polar surface area (TPSA) is 47.6 Å². The van der Waals surface area contributed by atoms with Crippen molar-refractivity contribution in [3.63, 3.8) is 0 Å². The van der Waals surface area contributed by atoms with Crippen molar-refractivity contribution in [2.24, 2.45) is 0 Å². The molecule has 5 heteroatoms. The van der Waals surface area contributed by atoms with Gasteiger partial charge in [-0.15, -0.1) is 6.42 Å². The molecule has 0 saturated carbocycles. The molecule has 0 aromatic heterocycles. The van der Waals surface area contributed by atoms with Gasteiger partial charge in [-0.2, -0.15) is 0 Å². The van der Waals surface area contributed by atoms with Crippen LogP contribution in [-0.4, -0.2) is 26.2 Å². The molecule has 0 unspecified atom stereocenters. The maximum atomic E-state index is 11.4. The molecule has 4 nitrogen and oxygen atoms in total. The fourth-order valence-electron chi connectivity index (χ4n) is 1.49. The Hall–Kier alpha value is -2.12. The van der Waals surface area contributed by atoms with E-state index < -0.39 is 0 Å². The van der Waals surface area contributed by atoms with Gasteiger partial charge in [0.05, 0.1) is 25.3 Å². The minimum atomic E-state index is -0.271. The lowest BCUT2D eigenvalue weighted by molar-refractivity contribution is -0.116. The van der Waals surface area contributed by atoms with Crippen LogP contribution in [-0.2, 0) is 4.79 Å². The highest BCUT2D eigenvalue weighted by atomic mass is 35.5. The molecule has 0 aliphatic heterocycles. The number of halogens is 1. The van der Waals surface area contributed by atoms with Gasteiger partial charge in [0.15, 0.2) is 11.5 Å². The summed E-state index contributed by atoms with van der Waals surface area (Å²) >= 11 is 6.13. The second-order valence-corrected chi connectivity index (χ2v) is 4.13. The third-order valence-electron chi connectivity index (χ3n) is 2.33. The van der Waals surface area contributed by atoms with Crippen LogP contribution >= 0.6 is 11.6 Å². The second kappa shape index (κ2) is 8.13. The Balaban J connectivity index is 2.92. The molecular formula is C15H16ClNO3. The quantitative estimate of drug-likeness (QED) is 0.647. The van der Waals surface area contributed by atoms with Gasteiger partial charge in [0.25, 0.3) is 0 Å². The molecule has 1 aromatic rings. The molecule has 0 fully saturated rings. The summed E-state index contributed by atoms with van der Waals surface area (Å²) in [5, 5.41) is 2.95. The number of carbonyl (C=O) groups excluding carboxylic acids is 1. The van der Waals surface area contributed by atoms with E-state index in [1.807, 2.05) is 6.92 Å². The van der Waals surface area contributed by atoms with Crippen molar-refractivity contribution in [3.05, 3.63) is 28.8 Å². The van der Waals surface area contributed by atoms with E-state index >= 15 is 0 Å². The lowest BCUT2D eigenvalue weighted by Gasteiger charge is -2.11. The van der Waals surface area contributed by atoms with E-state index in [-0.39, 0.29) is 12.5 Å². The Morgan fingerprint density at radius 3 is 2.90 bits per heavy atom. The number of carbonyl (C=O) groups is 1. The van der Waals surface area contributed by atoms with E-state index in [2.05, 4.69) is 11.2 Å². The molecule has 0 aliphatic carbocycles. The van der Waals surface area contributed by atoms with E-state index in [0.717, 1.165) is 5.56 Å². The summed E-state index contributed by atoms with van der Waals surface area (Å²) in [5.74, 6) is 3.06. The lowest BCUT2D eigenvalue weighted by Crippen LogP contribution is -2.20. The first-order chi connectivity index (χ1) is 9.62. The zero-order chi connectivity index (χ0) is 15.0. The van der Waals surface area contributed by atoms with Gasteiger partial charge in [0.1, 0.15) is 0 Å².